The van der Waals surface area contributed by atoms with Crippen molar-refractivity contribution in [2.45, 2.75) is 45.4 Å². The molecule has 1 saturated heterocycles. The minimum absolute atomic E-state index is 1.24. The predicted octanol–water partition coefficient (Wildman–Crippen LogP) is 2.82. The van der Waals surface area contributed by atoms with Crippen molar-refractivity contribution < 1.29 is 0 Å². The van der Waals surface area contributed by atoms with Crippen LogP contribution in [0, 0.1) is 0 Å². The molecular weight excluding hydrogens is 180 g/mol. The van der Waals surface area contributed by atoms with Gasteiger partial charge >= 0.3 is 0 Å². The molecule has 0 aromatic carbocycles. The first-order valence-corrected chi connectivity index (χ1v) is 6.54. The number of rotatable bonds is 6. The fraction of sp³-hybridized carbons (Fsp3) is 1.00. The lowest BCUT2D eigenvalue weighted by atomic mass is 10.2. The molecule has 1 aliphatic rings. The summed E-state index contributed by atoms with van der Waals surface area (Å²) in [7, 11) is 0. The molecule has 0 unspecified atom stereocenters. The topological polar surface area (TPSA) is 15.3 Å². The first-order valence-electron chi connectivity index (χ1n) is 5.56. The monoisotopic (exact) mass is 202 g/mol. The number of hydrogen-bond acceptors (Lipinski definition) is 3. The third-order valence-corrected chi connectivity index (χ3v) is 3.28. The van der Waals surface area contributed by atoms with Crippen LogP contribution in [0.5, 0.6) is 0 Å². The lowest BCUT2D eigenvalue weighted by molar-refractivity contribution is 0.207. The summed E-state index contributed by atoms with van der Waals surface area (Å²) in [5.41, 5.74) is 0. The zero-order chi connectivity index (χ0) is 9.36. The van der Waals surface area contributed by atoms with Crippen LogP contribution in [0.15, 0.2) is 0 Å². The van der Waals surface area contributed by atoms with E-state index in [9.17, 15) is 0 Å². The molecule has 0 aromatic rings. The Kier molecular flexibility index (Phi) is 6.68. The van der Waals surface area contributed by atoms with E-state index < -0.39 is 0 Å². The molecule has 3 heteroatoms. The Morgan fingerprint density at radius 3 is 2.62 bits per heavy atom. The largest absolute Gasteiger partial charge is 0.235 e. The van der Waals surface area contributed by atoms with E-state index >= 15 is 0 Å². The molecule has 1 fully saturated rings. The van der Waals surface area contributed by atoms with E-state index in [0.29, 0.717) is 0 Å². The summed E-state index contributed by atoms with van der Waals surface area (Å²) in [5.74, 6) is 1.25. The van der Waals surface area contributed by atoms with Crippen molar-refractivity contribution in [2.24, 2.45) is 0 Å². The number of nitrogens with one attached hydrogen (secondary N) is 1. The van der Waals surface area contributed by atoms with Gasteiger partial charge in [-0.2, -0.15) is 4.83 Å². The maximum absolute atomic E-state index is 3.43. The summed E-state index contributed by atoms with van der Waals surface area (Å²) in [4.78, 5) is 3.43. The summed E-state index contributed by atoms with van der Waals surface area (Å²) < 4.78 is 0. The van der Waals surface area contributed by atoms with E-state index in [1.54, 1.807) is 0 Å². The molecule has 78 valence electrons. The van der Waals surface area contributed by atoms with E-state index in [-0.39, 0.29) is 0 Å². The first-order chi connectivity index (χ1) is 6.43. The van der Waals surface area contributed by atoms with E-state index in [4.69, 9.17) is 0 Å². The molecule has 0 spiro atoms. The number of hydrogen-bond donors (Lipinski definition) is 1. The third-order valence-electron chi connectivity index (χ3n) is 2.40. The van der Waals surface area contributed by atoms with Gasteiger partial charge in [0.25, 0.3) is 0 Å². The average Bonchev–Trinajstić information content (AvgIpc) is 2.19. The van der Waals surface area contributed by atoms with E-state index in [0.717, 1.165) is 0 Å². The van der Waals surface area contributed by atoms with Crippen molar-refractivity contribution in [1.82, 2.24) is 9.84 Å². The third kappa shape index (κ3) is 5.55. The Balaban J connectivity index is 1.86. The van der Waals surface area contributed by atoms with Crippen LogP contribution < -0.4 is 4.83 Å². The molecule has 0 bridgehead atoms. The lowest BCUT2D eigenvalue weighted by Gasteiger charge is -2.26. The standard InChI is InChI=1S/C10H22N2S/c1-2-3-7-10-13-11-12-8-5-4-6-9-12/h11H,2-10H2,1H3. The van der Waals surface area contributed by atoms with Gasteiger partial charge in [-0.25, -0.2) is 5.01 Å². The highest BCUT2D eigenvalue weighted by molar-refractivity contribution is 7.97. The van der Waals surface area contributed by atoms with Crippen LogP contribution in [0.25, 0.3) is 0 Å². The van der Waals surface area contributed by atoms with Gasteiger partial charge in [-0.3, -0.25) is 0 Å². The van der Waals surface area contributed by atoms with Crippen LogP contribution in [-0.4, -0.2) is 23.9 Å². The highest BCUT2D eigenvalue weighted by atomic mass is 32.2. The molecule has 1 aliphatic heterocycles. The normalized spacial score (nSPS) is 19.2. The molecule has 0 aliphatic carbocycles. The molecule has 1 heterocycles. The molecule has 0 radical (unpaired) electrons. The maximum atomic E-state index is 3.43. The Labute approximate surface area is 86.6 Å². The van der Waals surface area contributed by atoms with Gasteiger partial charge in [0, 0.05) is 18.8 Å². The molecule has 0 saturated carbocycles. The molecule has 1 rings (SSSR count). The summed E-state index contributed by atoms with van der Waals surface area (Å²) in [6, 6.07) is 0. The smallest absolute Gasteiger partial charge is 0.0139 e. The highest BCUT2D eigenvalue weighted by Crippen LogP contribution is 2.09. The van der Waals surface area contributed by atoms with Crippen LogP contribution in [0.3, 0.4) is 0 Å². The number of piperidine rings is 1. The molecule has 0 amide bonds. The van der Waals surface area contributed by atoms with Gasteiger partial charge < -0.3 is 0 Å². The van der Waals surface area contributed by atoms with E-state index in [1.165, 1.54) is 57.4 Å². The fourth-order valence-corrected chi connectivity index (χ4v) is 2.35. The summed E-state index contributed by atoms with van der Waals surface area (Å²) in [6.45, 7) is 4.73. The van der Waals surface area contributed by atoms with Crippen molar-refractivity contribution in [2.75, 3.05) is 18.8 Å². The van der Waals surface area contributed by atoms with Gasteiger partial charge in [-0.1, -0.05) is 38.1 Å². The molecule has 0 atom stereocenters. The number of unbranched alkanes of at least 4 members (excludes halogenated alkanes) is 2. The minimum atomic E-state index is 1.24. The summed E-state index contributed by atoms with van der Waals surface area (Å²) in [5, 5.41) is 2.36. The average molecular weight is 202 g/mol. The van der Waals surface area contributed by atoms with Crippen LogP contribution in [0.1, 0.15) is 45.4 Å². The second kappa shape index (κ2) is 7.65. The summed E-state index contributed by atoms with van der Waals surface area (Å²) >= 11 is 1.88. The van der Waals surface area contributed by atoms with Crippen molar-refractivity contribution in [3.8, 4) is 0 Å². The molecule has 1 N–H and O–H groups in total. The summed E-state index contributed by atoms with van der Waals surface area (Å²) in [6.07, 6.45) is 8.19. The minimum Gasteiger partial charge on any atom is -0.235 e. The van der Waals surface area contributed by atoms with Gasteiger partial charge in [0.05, 0.1) is 0 Å². The number of hydrazine groups is 1. The van der Waals surface area contributed by atoms with Gasteiger partial charge in [0.15, 0.2) is 0 Å². The Morgan fingerprint density at radius 1 is 1.15 bits per heavy atom. The molecule has 13 heavy (non-hydrogen) atoms. The highest BCUT2D eigenvalue weighted by Gasteiger charge is 2.08. The Hall–Kier alpha value is 0.270. The van der Waals surface area contributed by atoms with Crippen LogP contribution >= 0.6 is 11.9 Å². The Morgan fingerprint density at radius 2 is 1.92 bits per heavy atom. The second-order valence-corrected chi connectivity index (χ2v) is 4.57. The van der Waals surface area contributed by atoms with Gasteiger partial charge in [-0.15, -0.1) is 0 Å². The van der Waals surface area contributed by atoms with E-state index in [1.807, 2.05) is 11.9 Å². The van der Waals surface area contributed by atoms with Crippen LogP contribution in [0.2, 0.25) is 0 Å². The van der Waals surface area contributed by atoms with Crippen molar-refractivity contribution >= 4 is 11.9 Å². The Bertz CT molecular complexity index is 113. The second-order valence-electron chi connectivity index (χ2n) is 3.69. The zero-order valence-electron chi connectivity index (χ0n) is 8.72. The van der Waals surface area contributed by atoms with Crippen molar-refractivity contribution in [1.29, 1.82) is 0 Å². The van der Waals surface area contributed by atoms with E-state index in [2.05, 4.69) is 16.8 Å². The van der Waals surface area contributed by atoms with Gasteiger partial charge in [0.1, 0.15) is 0 Å². The number of nitrogens with zero attached hydrogens (tertiary/aromatic N) is 1. The fourth-order valence-electron chi connectivity index (χ4n) is 1.55. The van der Waals surface area contributed by atoms with Crippen LogP contribution in [-0.2, 0) is 0 Å². The predicted molar refractivity (Wildman–Crippen MR) is 60.5 cm³/mol. The van der Waals surface area contributed by atoms with Gasteiger partial charge in [0.2, 0.25) is 0 Å². The SMILES string of the molecule is CCCCCSNN1CCCCC1. The van der Waals surface area contributed by atoms with Crippen LogP contribution in [0.4, 0.5) is 0 Å². The van der Waals surface area contributed by atoms with Crippen molar-refractivity contribution in [3.63, 3.8) is 0 Å². The zero-order valence-corrected chi connectivity index (χ0v) is 9.54. The first kappa shape index (κ1) is 11.3. The maximum Gasteiger partial charge on any atom is 0.0139 e. The van der Waals surface area contributed by atoms with Gasteiger partial charge in [-0.05, 0) is 19.3 Å². The molecular formula is C10H22N2S. The van der Waals surface area contributed by atoms with Crippen molar-refractivity contribution in [3.05, 3.63) is 0 Å². The quantitative estimate of drug-likeness (QED) is 0.527. The molecule has 0 aromatic heterocycles. The molecule has 2 nitrogen and oxygen atoms in total. The lowest BCUT2D eigenvalue weighted by Crippen LogP contribution is -2.37.